The maximum Gasteiger partial charge on any atom is 0.407 e. The summed E-state index contributed by atoms with van der Waals surface area (Å²) in [6.07, 6.45) is 3.59. The monoisotopic (exact) mass is 214 g/mol. The predicted octanol–water partition coefficient (Wildman–Crippen LogP) is 1.51. The number of carbonyl (C=O) groups excluding carboxylic acids is 1. The molecule has 2 N–H and O–H groups in total. The molecular formula is C11H22N2O2. The topological polar surface area (TPSA) is 50.4 Å². The molecule has 1 aliphatic carbocycles. The molecule has 0 heterocycles. The van der Waals surface area contributed by atoms with Gasteiger partial charge in [0, 0.05) is 19.1 Å². The van der Waals surface area contributed by atoms with Gasteiger partial charge in [-0.3, -0.25) is 0 Å². The van der Waals surface area contributed by atoms with Gasteiger partial charge in [0.1, 0.15) is 0 Å². The number of ether oxygens (including phenoxy) is 1. The van der Waals surface area contributed by atoms with Crippen molar-refractivity contribution < 1.29 is 9.53 Å². The first-order chi connectivity index (χ1) is 7.24. The highest BCUT2D eigenvalue weighted by Gasteiger charge is 2.22. The average Bonchev–Trinajstić information content (AvgIpc) is 2.60. The van der Waals surface area contributed by atoms with Crippen molar-refractivity contribution in [2.45, 2.75) is 39.2 Å². The summed E-state index contributed by atoms with van der Waals surface area (Å²) in [5.74, 6) is 0.771. The van der Waals surface area contributed by atoms with Crippen LogP contribution in [0.3, 0.4) is 0 Å². The molecule has 1 amide bonds. The van der Waals surface area contributed by atoms with Crippen molar-refractivity contribution in [3.05, 3.63) is 0 Å². The van der Waals surface area contributed by atoms with Crippen LogP contribution in [0.5, 0.6) is 0 Å². The molecular weight excluding hydrogens is 192 g/mol. The summed E-state index contributed by atoms with van der Waals surface area (Å²) >= 11 is 0. The average molecular weight is 214 g/mol. The highest BCUT2D eigenvalue weighted by Crippen LogP contribution is 2.24. The van der Waals surface area contributed by atoms with Crippen molar-refractivity contribution in [3.63, 3.8) is 0 Å². The highest BCUT2D eigenvalue weighted by atomic mass is 16.5. The summed E-state index contributed by atoms with van der Waals surface area (Å²) in [5.41, 5.74) is 0. The van der Waals surface area contributed by atoms with Crippen LogP contribution >= 0.6 is 0 Å². The van der Waals surface area contributed by atoms with Crippen LogP contribution in [-0.4, -0.2) is 31.8 Å². The molecule has 0 spiro atoms. The van der Waals surface area contributed by atoms with E-state index in [4.69, 9.17) is 4.74 Å². The Morgan fingerprint density at radius 2 is 2.20 bits per heavy atom. The zero-order chi connectivity index (χ0) is 11.1. The van der Waals surface area contributed by atoms with Crippen LogP contribution < -0.4 is 10.6 Å². The third-order valence-electron chi connectivity index (χ3n) is 2.94. The van der Waals surface area contributed by atoms with Crippen LogP contribution in [0.25, 0.3) is 0 Å². The second-order valence-corrected chi connectivity index (χ2v) is 4.12. The smallest absolute Gasteiger partial charge is 0.407 e. The lowest BCUT2D eigenvalue weighted by atomic mass is 10.1. The Hall–Kier alpha value is -0.770. The summed E-state index contributed by atoms with van der Waals surface area (Å²) < 4.78 is 4.76. The molecule has 0 bridgehead atoms. The molecule has 0 radical (unpaired) electrons. The lowest BCUT2D eigenvalue weighted by Crippen LogP contribution is -2.38. The van der Waals surface area contributed by atoms with E-state index in [-0.39, 0.29) is 6.09 Å². The standard InChI is InChI=1S/C11H22N2O2/c1-3-15-11(14)13-8-7-12-10-6-4-5-9(10)2/h9-10,12H,3-8H2,1-2H3,(H,13,14). The van der Waals surface area contributed by atoms with Crippen LogP contribution in [-0.2, 0) is 4.74 Å². The minimum Gasteiger partial charge on any atom is -0.450 e. The molecule has 2 unspecified atom stereocenters. The maximum atomic E-state index is 10.9. The summed E-state index contributed by atoms with van der Waals surface area (Å²) in [7, 11) is 0. The summed E-state index contributed by atoms with van der Waals surface area (Å²) in [6, 6.07) is 0.633. The van der Waals surface area contributed by atoms with Crippen LogP contribution in [0, 0.1) is 5.92 Å². The Kier molecular flexibility index (Phi) is 5.47. The molecule has 2 atom stereocenters. The van der Waals surface area contributed by atoms with Crippen LogP contribution in [0.4, 0.5) is 4.79 Å². The Morgan fingerprint density at radius 1 is 1.40 bits per heavy atom. The second kappa shape index (κ2) is 6.67. The maximum absolute atomic E-state index is 10.9. The molecule has 0 aromatic heterocycles. The molecule has 1 aliphatic rings. The zero-order valence-electron chi connectivity index (χ0n) is 9.71. The first-order valence-electron chi connectivity index (χ1n) is 5.88. The lowest BCUT2D eigenvalue weighted by Gasteiger charge is -2.17. The fourth-order valence-electron chi connectivity index (χ4n) is 2.05. The van der Waals surface area contributed by atoms with E-state index < -0.39 is 0 Å². The van der Waals surface area contributed by atoms with Gasteiger partial charge < -0.3 is 15.4 Å². The molecule has 1 fully saturated rings. The Balaban J connectivity index is 1.99. The Morgan fingerprint density at radius 3 is 2.80 bits per heavy atom. The summed E-state index contributed by atoms with van der Waals surface area (Å²) in [4.78, 5) is 10.9. The number of rotatable bonds is 5. The van der Waals surface area contributed by atoms with E-state index in [1.165, 1.54) is 19.3 Å². The molecule has 0 aliphatic heterocycles. The highest BCUT2D eigenvalue weighted by molar-refractivity contribution is 5.66. The van der Waals surface area contributed by atoms with Crippen molar-refractivity contribution in [1.82, 2.24) is 10.6 Å². The van der Waals surface area contributed by atoms with Gasteiger partial charge >= 0.3 is 6.09 Å². The van der Waals surface area contributed by atoms with Crippen molar-refractivity contribution in [2.75, 3.05) is 19.7 Å². The van der Waals surface area contributed by atoms with E-state index in [1.807, 2.05) is 0 Å². The number of amides is 1. The minimum absolute atomic E-state index is 0.321. The molecule has 0 saturated heterocycles. The van der Waals surface area contributed by atoms with E-state index in [2.05, 4.69) is 17.6 Å². The SMILES string of the molecule is CCOC(=O)NCCNC1CCCC1C. The van der Waals surface area contributed by atoms with E-state index in [0.717, 1.165) is 12.5 Å². The molecule has 0 aromatic carbocycles. The van der Waals surface area contributed by atoms with Crippen LogP contribution in [0.2, 0.25) is 0 Å². The van der Waals surface area contributed by atoms with Crippen molar-refractivity contribution in [1.29, 1.82) is 0 Å². The fourth-order valence-corrected chi connectivity index (χ4v) is 2.05. The normalized spacial score (nSPS) is 25.2. The van der Waals surface area contributed by atoms with Gasteiger partial charge in [-0.1, -0.05) is 13.3 Å². The minimum atomic E-state index is -0.321. The second-order valence-electron chi connectivity index (χ2n) is 4.12. The third kappa shape index (κ3) is 4.51. The first kappa shape index (κ1) is 12.3. The van der Waals surface area contributed by atoms with Gasteiger partial charge in [-0.25, -0.2) is 4.79 Å². The van der Waals surface area contributed by atoms with E-state index >= 15 is 0 Å². The first-order valence-corrected chi connectivity index (χ1v) is 5.88. The van der Waals surface area contributed by atoms with E-state index in [0.29, 0.717) is 19.2 Å². The van der Waals surface area contributed by atoms with Crippen molar-refractivity contribution in [3.8, 4) is 0 Å². The molecule has 4 nitrogen and oxygen atoms in total. The van der Waals surface area contributed by atoms with Gasteiger partial charge in [-0.15, -0.1) is 0 Å². The van der Waals surface area contributed by atoms with Gasteiger partial charge in [0.25, 0.3) is 0 Å². The largest absolute Gasteiger partial charge is 0.450 e. The molecule has 1 rings (SSSR count). The number of nitrogens with one attached hydrogen (secondary N) is 2. The quantitative estimate of drug-likeness (QED) is 0.682. The van der Waals surface area contributed by atoms with Gasteiger partial charge in [-0.05, 0) is 25.7 Å². The molecule has 88 valence electrons. The Bertz CT molecular complexity index is 197. The van der Waals surface area contributed by atoms with Gasteiger partial charge in [0.15, 0.2) is 0 Å². The molecule has 15 heavy (non-hydrogen) atoms. The summed E-state index contributed by atoms with van der Waals surface area (Å²) in [5, 5.41) is 6.16. The van der Waals surface area contributed by atoms with Crippen molar-refractivity contribution >= 4 is 6.09 Å². The zero-order valence-corrected chi connectivity index (χ0v) is 9.71. The molecule has 1 saturated carbocycles. The number of carbonyl (C=O) groups is 1. The molecule has 0 aromatic rings. The fraction of sp³-hybridized carbons (Fsp3) is 0.909. The molecule has 4 heteroatoms. The van der Waals surface area contributed by atoms with Gasteiger partial charge in [0.05, 0.1) is 6.61 Å². The number of alkyl carbamates (subject to hydrolysis) is 1. The van der Waals surface area contributed by atoms with E-state index in [9.17, 15) is 4.79 Å². The third-order valence-corrected chi connectivity index (χ3v) is 2.94. The number of hydrogen-bond acceptors (Lipinski definition) is 3. The number of hydrogen-bond donors (Lipinski definition) is 2. The van der Waals surface area contributed by atoms with E-state index in [1.54, 1.807) is 6.92 Å². The van der Waals surface area contributed by atoms with Crippen molar-refractivity contribution in [2.24, 2.45) is 5.92 Å². The summed E-state index contributed by atoms with van der Waals surface area (Å²) in [6.45, 7) is 5.98. The van der Waals surface area contributed by atoms with Crippen LogP contribution in [0.15, 0.2) is 0 Å². The lowest BCUT2D eigenvalue weighted by molar-refractivity contribution is 0.152. The van der Waals surface area contributed by atoms with Gasteiger partial charge in [0.2, 0.25) is 0 Å². The van der Waals surface area contributed by atoms with Crippen LogP contribution in [0.1, 0.15) is 33.1 Å². The predicted molar refractivity (Wildman–Crippen MR) is 59.8 cm³/mol. The Labute approximate surface area is 91.8 Å². The van der Waals surface area contributed by atoms with Gasteiger partial charge in [-0.2, -0.15) is 0 Å².